The van der Waals surface area contributed by atoms with Gasteiger partial charge in [-0.05, 0) is 31.6 Å². The van der Waals surface area contributed by atoms with Gasteiger partial charge in [-0.3, -0.25) is 0 Å². The number of hydrogen-bond donors (Lipinski definition) is 1. The molecule has 0 aromatic rings. The molecule has 0 spiro atoms. The van der Waals surface area contributed by atoms with Crippen LogP contribution in [0.2, 0.25) is 0 Å². The van der Waals surface area contributed by atoms with Crippen LogP contribution in [-0.4, -0.2) is 10.9 Å². The van der Waals surface area contributed by atoms with Gasteiger partial charge in [-0.25, -0.2) is 0 Å². The second-order valence-electron chi connectivity index (χ2n) is 3.49. The second kappa shape index (κ2) is 1.64. The van der Waals surface area contributed by atoms with Crippen LogP contribution in [0, 0.1) is 5.92 Å². The van der Waals surface area contributed by atoms with E-state index in [9.17, 15) is 0 Å². The number of fused-ring (bicyclic) bond motifs is 2. The van der Waals surface area contributed by atoms with E-state index in [0.29, 0.717) is 0 Å². The molecule has 9 heavy (non-hydrogen) atoms. The average Bonchev–Trinajstić information content (AvgIpc) is 2.22. The van der Waals surface area contributed by atoms with Crippen LogP contribution in [0.25, 0.3) is 0 Å². The van der Waals surface area contributed by atoms with Gasteiger partial charge in [0.25, 0.3) is 0 Å². The van der Waals surface area contributed by atoms with Crippen molar-refractivity contribution in [1.29, 1.82) is 0 Å². The van der Waals surface area contributed by atoms with Crippen LogP contribution in [-0.2, 0) is 0 Å². The topological polar surface area (TPSA) is 26.0 Å². The maximum absolute atomic E-state index is 6.22. The normalized spacial score (nSPS) is 56.7. The minimum absolute atomic E-state index is 0.0185. The summed E-state index contributed by atoms with van der Waals surface area (Å²) in [5.74, 6) is 0.859. The maximum atomic E-state index is 6.22. The molecule has 3 unspecified atom stereocenters. The van der Waals surface area contributed by atoms with Crippen LogP contribution < -0.4 is 5.73 Å². The smallest absolute Gasteiger partial charge is 0.0600 e. The quantitative estimate of drug-likeness (QED) is 0.514. The van der Waals surface area contributed by atoms with Gasteiger partial charge in [0.15, 0.2) is 0 Å². The van der Waals surface area contributed by atoms with E-state index in [4.69, 9.17) is 17.3 Å². The van der Waals surface area contributed by atoms with E-state index in [-0.39, 0.29) is 10.9 Å². The van der Waals surface area contributed by atoms with Gasteiger partial charge in [0.1, 0.15) is 0 Å². The summed E-state index contributed by atoms with van der Waals surface area (Å²) in [6.07, 6.45) is 4.82. The first kappa shape index (κ1) is 5.99. The predicted molar refractivity (Wildman–Crippen MR) is 38.5 cm³/mol. The van der Waals surface area contributed by atoms with Crippen molar-refractivity contribution in [3.8, 4) is 0 Å². The van der Waals surface area contributed by atoms with Crippen LogP contribution >= 0.6 is 11.6 Å². The first-order valence-corrected chi connectivity index (χ1v) is 4.03. The summed E-state index contributed by atoms with van der Waals surface area (Å²) in [6.45, 7) is 0. The third-order valence-corrected chi connectivity index (χ3v) is 3.47. The number of hydrogen-bond acceptors (Lipinski definition) is 1. The fourth-order valence-electron chi connectivity index (χ4n) is 2.24. The molecule has 2 aliphatic carbocycles. The molecule has 0 saturated heterocycles. The summed E-state index contributed by atoms with van der Waals surface area (Å²) in [6, 6.07) is 0.290. The van der Waals surface area contributed by atoms with Crippen molar-refractivity contribution in [2.75, 3.05) is 0 Å². The summed E-state index contributed by atoms with van der Waals surface area (Å²) < 4.78 is 0. The molecule has 2 rings (SSSR count). The third kappa shape index (κ3) is 0.714. The molecule has 2 fully saturated rings. The molecule has 1 nitrogen and oxygen atoms in total. The van der Waals surface area contributed by atoms with E-state index in [2.05, 4.69) is 0 Å². The molecule has 2 N–H and O–H groups in total. The fraction of sp³-hybridized carbons (Fsp3) is 1.00. The van der Waals surface area contributed by atoms with Gasteiger partial charge >= 0.3 is 0 Å². The molecule has 2 bridgehead atoms. The summed E-state index contributed by atoms with van der Waals surface area (Å²) in [5, 5.41) is 0. The average molecular weight is 146 g/mol. The minimum Gasteiger partial charge on any atom is -0.326 e. The van der Waals surface area contributed by atoms with Crippen molar-refractivity contribution in [2.24, 2.45) is 11.7 Å². The van der Waals surface area contributed by atoms with Crippen molar-refractivity contribution >= 4 is 11.6 Å². The van der Waals surface area contributed by atoms with Crippen LogP contribution in [0.4, 0.5) is 0 Å². The lowest BCUT2D eigenvalue weighted by Gasteiger charge is -2.24. The Morgan fingerprint density at radius 3 is 2.56 bits per heavy atom. The molecule has 2 heteroatoms. The zero-order chi connectivity index (χ0) is 6.48. The van der Waals surface area contributed by atoms with Gasteiger partial charge in [-0.2, -0.15) is 0 Å². The lowest BCUT2D eigenvalue weighted by Crippen LogP contribution is -2.38. The number of halogens is 1. The first-order chi connectivity index (χ1) is 4.21. The summed E-state index contributed by atoms with van der Waals surface area (Å²) in [7, 11) is 0. The van der Waals surface area contributed by atoms with E-state index in [1.807, 2.05) is 0 Å². The van der Waals surface area contributed by atoms with Gasteiger partial charge < -0.3 is 5.73 Å². The molecule has 0 heterocycles. The van der Waals surface area contributed by atoms with E-state index in [1.165, 1.54) is 19.3 Å². The molecule has 2 aliphatic rings. The monoisotopic (exact) mass is 145 g/mol. The Labute approximate surface area is 60.6 Å². The van der Waals surface area contributed by atoms with Crippen molar-refractivity contribution in [1.82, 2.24) is 0 Å². The minimum atomic E-state index is 0.0185. The first-order valence-electron chi connectivity index (χ1n) is 3.65. The highest BCUT2D eigenvalue weighted by Gasteiger charge is 2.49. The second-order valence-corrected chi connectivity index (χ2v) is 4.24. The van der Waals surface area contributed by atoms with Crippen LogP contribution in [0.3, 0.4) is 0 Å². The highest BCUT2D eigenvalue weighted by atomic mass is 35.5. The molecule has 52 valence electrons. The standard InChI is InChI=1S/C7H12ClN/c8-7-2-1-5(4-7)3-6(7)9/h5-6H,1-4,9H2. The Kier molecular flexibility index (Phi) is 1.09. The van der Waals surface area contributed by atoms with Gasteiger partial charge in [-0.15, -0.1) is 11.6 Å². The Morgan fingerprint density at radius 1 is 1.56 bits per heavy atom. The largest absolute Gasteiger partial charge is 0.326 e. The highest BCUT2D eigenvalue weighted by molar-refractivity contribution is 6.24. The SMILES string of the molecule is NC1CC2CCC1(Cl)C2. The van der Waals surface area contributed by atoms with E-state index < -0.39 is 0 Å². The fourth-order valence-corrected chi connectivity index (χ4v) is 2.65. The Hall–Kier alpha value is 0.250. The van der Waals surface area contributed by atoms with E-state index in [0.717, 1.165) is 12.3 Å². The highest BCUT2D eigenvalue weighted by Crippen LogP contribution is 2.50. The molecule has 0 radical (unpaired) electrons. The molecular formula is C7H12ClN. The van der Waals surface area contributed by atoms with Gasteiger partial charge in [0.05, 0.1) is 4.87 Å². The lowest BCUT2D eigenvalue weighted by atomic mass is 9.96. The van der Waals surface area contributed by atoms with Gasteiger partial charge in [-0.1, -0.05) is 0 Å². The Morgan fingerprint density at radius 2 is 2.33 bits per heavy atom. The number of nitrogens with two attached hydrogens (primary N) is 1. The molecule has 0 amide bonds. The third-order valence-electron chi connectivity index (χ3n) is 2.85. The van der Waals surface area contributed by atoms with Gasteiger partial charge in [0.2, 0.25) is 0 Å². The van der Waals surface area contributed by atoms with E-state index >= 15 is 0 Å². The Bertz CT molecular complexity index is 137. The number of rotatable bonds is 0. The summed E-state index contributed by atoms with van der Waals surface area (Å²) >= 11 is 6.22. The number of alkyl halides is 1. The summed E-state index contributed by atoms with van der Waals surface area (Å²) in [4.78, 5) is 0.0185. The Balaban J connectivity index is 2.22. The lowest BCUT2D eigenvalue weighted by molar-refractivity contribution is 0.438. The van der Waals surface area contributed by atoms with Crippen molar-refractivity contribution in [3.63, 3.8) is 0 Å². The van der Waals surface area contributed by atoms with E-state index in [1.54, 1.807) is 0 Å². The molecule has 0 aliphatic heterocycles. The van der Waals surface area contributed by atoms with Crippen LogP contribution in [0.1, 0.15) is 25.7 Å². The molecular weight excluding hydrogens is 134 g/mol. The molecule has 0 aromatic carbocycles. The van der Waals surface area contributed by atoms with Crippen molar-refractivity contribution in [3.05, 3.63) is 0 Å². The van der Waals surface area contributed by atoms with Crippen molar-refractivity contribution < 1.29 is 0 Å². The van der Waals surface area contributed by atoms with Crippen LogP contribution in [0.15, 0.2) is 0 Å². The zero-order valence-electron chi connectivity index (χ0n) is 5.44. The maximum Gasteiger partial charge on any atom is 0.0600 e. The predicted octanol–water partition coefficient (Wildman–Crippen LogP) is 1.50. The zero-order valence-corrected chi connectivity index (χ0v) is 6.19. The molecule has 3 atom stereocenters. The summed E-state index contributed by atoms with van der Waals surface area (Å²) in [5.41, 5.74) is 5.82. The molecule has 0 aromatic heterocycles. The molecule has 2 saturated carbocycles. The van der Waals surface area contributed by atoms with Crippen LogP contribution in [0.5, 0.6) is 0 Å². The van der Waals surface area contributed by atoms with Crippen molar-refractivity contribution in [2.45, 2.75) is 36.6 Å². The van der Waals surface area contributed by atoms with Gasteiger partial charge in [0, 0.05) is 6.04 Å².